The van der Waals surface area contributed by atoms with Crippen molar-refractivity contribution in [1.29, 1.82) is 0 Å². The summed E-state index contributed by atoms with van der Waals surface area (Å²) < 4.78 is 0. The fourth-order valence-corrected chi connectivity index (χ4v) is 2.75. The molecule has 0 saturated carbocycles. The molecule has 0 N–H and O–H groups in total. The molecule has 2 fully saturated rings. The lowest BCUT2D eigenvalue weighted by atomic mass is 10.1. The van der Waals surface area contributed by atoms with Crippen LogP contribution in [0.2, 0.25) is 0 Å². The van der Waals surface area contributed by atoms with Crippen LogP contribution in [0.1, 0.15) is 66.2 Å². The van der Waals surface area contributed by atoms with E-state index in [9.17, 15) is 9.59 Å². The third kappa shape index (κ3) is 5.14. The molecule has 0 radical (unpaired) electrons. The number of rotatable bonds is 2. The van der Waals surface area contributed by atoms with Gasteiger partial charge in [-0.25, -0.2) is 0 Å². The number of nitrogens with zero attached hydrogens (tertiary/aromatic N) is 2. The highest BCUT2D eigenvalue weighted by atomic mass is 16.2. The molecule has 0 atom stereocenters. The third-order valence-corrected chi connectivity index (χ3v) is 3.97. The van der Waals surface area contributed by atoms with Crippen LogP contribution in [0.15, 0.2) is 0 Å². The van der Waals surface area contributed by atoms with Crippen LogP contribution in [-0.4, -0.2) is 46.8 Å². The maximum Gasteiger partial charge on any atom is 0.222 e. The van der Waals surface area contributed by atoms with Gasteiger partial charge < -0.3 is 9.80 Å². The summed E-state index contributed by atoms with van der Waals surface area (Å²) in [5.41, 5.74) is 0. The molecule has 2 heterocycles. The average Bonchev–Trinajstić information content (AvgIpc) is 2.40. The fourth-order valence-electron chi connectivity index (χ4n) is 2.75. The van der Waals surface area contributed by atoms with Crippen LogP contribution in [0.25, 0.3) is 0 Å². The van der Waals surface area contributed by atoms with E-state index in [0.717, 1.165) is 38.8 Å². The van der Waals surface area contributed by atoms with Gasteiger partial charge in [0.15, 0.2) is 0 Å². The summed E-state index contributed by atoms with van der Waals surface area (Å²) in [6.07, 6.45) is 6.06. The molecule has 116 valence electrons. The first-order valence-electron chi connectivity index (χ1n) is 8.02. The average molecular weight is 282 g/mol. The number of hydrogen-bond donors (Lipinski definition) is 0. The molecule has 4 heteroatoms. The van der Waals surface area contributed by atoms with E-state index in [1.807, 2.05) is 9.80 Å². The van der Waals surface area contributed by atoms with Crippen LogP contribution < -0.4 is 0 Å². The smallest absolute Gasteiger partial charge is 0.222 e. The van der Waals surface area contributed by atoms with Crippen molar-refractivity contribution in [3.63, 3.8) is 0 Å². The molecule has 0 aromatic heterocycles. The van der Waals surface area contributed by atoms with Gasteiger partial charge in [0.25, 0.3) is 0 Å². The van der Waals surface area contributed by atoms with Gasteiger partial charge in [0.1, 0.15) is 0 Å². The van der Waals surface area contributed by atoms with Gasteiger partial charge in [-0.05, 0) is 53.4 Å². The van der Waals surface area contributed by atoms with E-state index in [4.69, 9.17) is 0 Å². The predicted octanol–water partition coefficient (Wildman–Crippen LogP) is 2.81. The molecule has 0 aromatic rings. The summed E-state index contributed by atoms with van der Waals surface area (Å²) in [5.74, 6) is 0.669. The maximum absolute atomic E-state index is 11.2. The molecule has 0 unspecified atom stereocenters. The number of hydrogen-bond acceptors (Lipinski definition) is 2. The second-order valence-corrected chi connectivity index (χ2v) is 6.28. The zero-order valence-electron chi connectivity index (χ0n) is 13.5. The van der Waals surface area contributed by atoms with Gasteiger partial charge >= 0.3 is 0 Å². The number of carbonyl (C=O) groups is 2. The Morgan fingerprint density at radius 3 is 1.25 bits per heavy atom. The summed E-state index contributed by atoms with van der Waals surface area (Å²) in [6, 6.07) is 0.792. The van der Waals surface area contributed by atoms with E-state index in [2.05, 4.69) is 27.7 Å². The van der Waals surface area contributed by atoms with Gasteiger partial charge in [0.05, 0.1) is 0 Å². The van der Waals surface area contributed by atoms with Crippen LogP contribution in [0.3, 0.4) is 0 Å². The van der Waals surface area contributed by atoms with E-state index in [1.54, 1.807) is 0 Å². The van der Waals surface area contributed by atoms with Crippen molar-refractivity contribution in [3.05, 3.63) is 0 Å². The largest absolute Gasteiger partial charge is 0.340 e. The third-order valence-electron chi connectivity index (χ3n) is 3.97. The molecule has 4 nitrogen and oxygen atoms in total. The Balaban J connectivity index is 0.000000200. The van der Waals surface area contributed by atoms with Crippen LogP contribution >= 0.6 is 0 Å². The Kier molecular flexibility index (Phi) is 7.03. The Morgan fingerprint density at radius 1 is 0.700 bits per heavy atom. The van der Waals surface area contributed by atoms with E-state index in [1.165, 1.54) is 12.8 Å². The molecule has 0 bridgehead atoms. The number of likely N-dealkylation sites (tertiary alicyclic amines) is 2. The fraction of sp³-hybridized carbons (Fsp3) is 0.875. The zero-order valence-corrected chi connectivity index (χ0v) is 13.5. The van der Waals surface area contributed by atoms with Crippen molar-refractivity contribution in [2.24, 2.45) is 0 Å². The number of piperidine rings is 2. The van der Waals surface area contributed by atoms with Crippen molar-refractivity contribution in [2.45, 2.75) is 78.3 Å². The van der Waals surface area contributed by atoms with Gasteiger partial charge in [0.2, 0.25) is 11.8 Å². The Morgan fingerprint density at radius 2 is 1.05 bits per heavy atom. The van der Waals surface area contributed by atoms with Gasteiger partial charge in [0, 0.05) is 38.0 Å². The Hall–Kier alpha value is -1.06. The van der Waals surface area contributed by atoms with Gasteiger partial charge in [-0.3, -0.25) is 9.59 Å². The van der Waals surface area contributed by atoms with Crippen LogP contribution in [0.4, 0.5) is 0 Å². The molecule has 0 aromatic carbocycles. The molecule has 0 aliphatic carbocycles. The minimum Gasteiger partial charge on any atom is -0.340 e. The molecule has 0 spiro atoms. The zero-order chi connectivity index (χ0) is 15.1. The van der Waals surface area contributed by atoms with Gasteiger partial charge in [-0.2, -0.15) is 0 Å². The number of carbonyl (C=O) groups excluding carboxylic acids is 2. The van der Waals surface area contributed by atoms with E-state index < -0.39 is 0 Å². The lowest BCUT2D eigenvalue weighted by molar-refractivity contribution is -0.135. The summed E-state index contributed by atoms with van der Waals surface area (Å²) in [4.78, 5) is 26.2. The van der Waals surface area contributed by atoms with E-state index in [-0.39, 0.29) is 0 Å². The minimum atomic E-state index is 0.334. The van der Waals surface area contributed by atoms with E-state index >= 15 is 0 Å². The first kappa shape index (κ1) is 17.0. The summed E-state index contributed by atoms with van der Waals surface area (Å²) >= 11 is 0. The Labute approximate surface area is 123 Å². The van der Waals surface area contributed by atoms with Crippen LogP contribution in [0.5, 0.6) is 0 Å². The van der Waals surface area contributed by atoms with Crippen LogP contribution in [0, 0.1) is 0 Å². The van der Waals surface area contributed by atoms with E-state index in [0.29, 0.717) is 23.9 Å². The van der Waals surface area contributed by atoms with Crippen molar-refractivity contribution in [1.82, 2.24) is 9.80 Å². The molecular formula is C16H30N2O2. The van der Waals surface area contributed by atoms with Crippen molar-refractivity contribution >= 4 is 11.8 Å². The highest BCUT2D eigenvalue weighted by Crippen LogP contribution is 2.13. The highest BCUT2D eigenvalue weighted by molar-refractivity contribution is 5.77. The summed E-state index contributed by atoms with van der Waals surface area (Å²) in [5, 5.41) is 0. The molecule has 2 amide bonds. The molecule has 20 heavy (non-hydrogen) atoms. The lowest BCUT2D eigenvalue weighted by Gasteiger charge is -2.30. The minimum absolute atomic E-state index is 0.334. The first-order valence-corrected chi connectivity index (χ1v) is 8.02. The first-order chi connectivity index (χ1) is 9.43. The van der Waals surface area contributed by atoms with Crippen molar-refractivity contribution < 1.29 is 9.59 Å². The lowest BCUT2D eigenvalue weighted by Crippen LogP contribution is -2.40. The predicted molar refractivity (Wildman–Crippen MR) is 81.4 cm³/mol. The Bertz CT molecular complexity index is 294. The molecule has 2 saturated heterocycles. The second kappa shape index (κ2) is 8.28. The topological polar surface area (TPSA) is 40.6 Å². The van der Waals surface area contributed by atoms with Crippen molar-refractivity contribution in [3.8, 4) is 0 Å². The standard InChI is InChI=1S/2C8H15NO/c2*1-7(2)9-6-4-3-5-8(9)10/h2*7H,3-6H2,1-2H3. The van der Waals surface area contributed by atoms with Gasteiger partial charge in [-0.15, -0.1) is 0 Å². The van der Waals surface area contributed by atoms with Crippen molar-refractivity contribution in [2.75, 3.05) is 13.1 Å². The molecule has 2 rings (SSSR count). The molecule has 2 aliphatic rings. The normalized spacial score (nSPS) is 20.3. The van der Waals surface area contributed by atoms with Crippen LogP contribution in [-0.2, 0) is 9.59 Å². The molecular weight excluding hydrogens is 252 g/mol. The second-order valence-electron chi connectivity index (χ2n) is 6.28. The number of amides is 2. The molecule has 2 aliphatic heterocycles. The highest BCUT2D eigenvalue weighted by Gasteiger charge is 2.20. The summed E-state index contributed by atoms with van der Waals surface area (Å²) in [7, 11) is 0. The summed E-state index contributed by atoms with van der Waals surface area (Å²) in [6.45, 7) is 10.2. The maximum atomic E-state index is 11.2. The quantitative estimate of drug-likeness (QED) is 0.781. The SMILES string of the molecule is CC(C)N1CCCCC1=O.CC(C)N1CCCCC1=O. The monoisotopic (exact) mass is 282 g/mol. The van der Waals surface area contributed by atoms with Gasteiger partial charge in [-0.1, -0.05) is 0 Å².